The predicted molar refractivity (Wildman–Crippen MR) is 27.5 cm³/mol. The van der Waals surface area contributed by atoms with Crippen LogP contribution in [0.15, 0.2) is 26.3 Å². The van der Waals surface area contributed by atoms with Gasteiger partial charge >= 0.3 is 17.1 Å². The minimum absolute atomic E-state index is 0. The second-order valence-electron chi connectivity index (χ2n) is 0. The largest absolute Gasteiger partial charge is 2.00 e. The molecule has 0 heterocycles. The molecule has 0 fully saturated rings. The van der Waals surface area contributed by atoms with Crippen molar-refractivity contribution in [1.29, 1.82) is 0 Å². The Balaban J connectivity index is -0.00000000500. The van der Waals surface area contributed by atoms with Gasteiger partial charge in [0, 0.05) is 0 Å². The van der Waals surface area contributed by atoms with Gasteiger partial charge in [0.05, 0.1) is 0 Å². The van der Waals surface area contributed by atoms with Gasteiger partial charge in [-0.25, -0.2) is 0 Å². The number of rotatable bonds is 0. The van der Waals surface area contributed by atoms with Gasteiger partial charge in [-0.3, -0.25) is 0 Å². The Bertz CT molecular complexity index is 9.51. The summed E-state index contributed by atoms with van der Waals surface area (Å²) in [7, 11) is 0. The summed E-state index contributed by atoms with van der Waals surface area (Å²) in [6, 6.07) is 0. The van der Waals surface area contributed by atoms with E-state index in [4.69, 9.17) is 0 Å². The van der Waals surface area contributed by atoms with Crippen LogP contribution in [0.4, 0.5) is 0 Å². The second-order valence-corrected chi connectivity index (χ2v) is 0. The molecule has 6 heavy (non-hydrogen) atoms. The van der Waals surface area contributed by atoms with Crippen LogP contribution in [0.25, 0.3) is 0 Å². The zero-order chi connectivity index (χ0) is 4.00. The fourth-order valence-electron chi connectivity index (χ4n) is 0. The van der Waals surface area contributed by atoms with Gasteiger partial charge < -0.3 is 6.15 Å². The molecule has 3 N–H and O–H groups in total. The first-order valence-electron chi connectivity index (χ1n) is 1.000. The molecular formula is C4H11FeN+2. The maximum absolute atomic E-state index is 3.00. The molecule has 0 unspecified atom stereocenters. The van der Waals surface area contributed by atoms with Crippen molar-refractivity contribution in [3.05, 3.63) is 26.3 Å². The van der Waals surface area contributed by atoms with E-state index in [9.17, 15) is 0 Å². The van der Waals surface area contributed by atoms with Gasteiger partial charge in [-0.15, -0.1) is 26.3 Å². The van der Waals surface area contributed by atoms with E-state index < -0.39 is 0 Å². The van der Waals surface area contributed by atoms with E-state index in [-0.39, 0.29) is 23.2 Å². The summed E-state index contributed by atoms with van der Waals surface area (Å²) in [6.07, 6.45) is 0. The molecule has 0 aliphatic rings. The molecule has 2 heteroatoms. The van der Waals surface area contributed by atoms with Crippen LogP contribution in [-0.4, -0.2) is 0 Å². The summed E-state index contributed by atoms with van der Waals surface area (Å²) < 4.78 is 0. The smallest absolute Gasteiger partial charge is 0.344 e. The molecule has 0 amide bonds. The van der Waals surface area contributed by atoms with Crippen molar-refractivity contribution in [3.8, 4) is 0 Å². The van der Waals surface area contributed by atoms with Crippen molar-refractivity contribution in [2.75, 3.05) is 0 Å². The van der Waals surface area contributed by atoms with E-state index in [1.54, 1.807) is 0 Å². The summed E-state index contributed by atoms with van der Waals surface area (Å²) in [5, 5.41) is 0. The molecule has 0 aliphatic heterocycles. The van der Waals surface area contributed by atoms with Gasteiger partial charge in [-0.1, -0.05) is 0 Å². The zero-order valence-corrected chi connectivity index (χ0v) is 4.99. The van der Waals surface area contributed by atoms with E-state index in [1.165, 1.54) is 0 Å². The Hall–Kier alpha value is -0.0405. The van der Waals surface area contributed by atoms with Crippen molar-refractivity contribution in [2.24, 2.45) is 0 Å². The van der Waals surface area contributed by atoms with Gasteiger partial charge in [-0.05, 0) is 0 Å². The van der Waals surface area contributed by atoms with Crippen molar-refractivity contribution in [2.45, 2.75) is 0 Å². The molecule has 1 nitrogen and oxygen atoms in total. The molecule has 0 rings (SSSR count). The molecule has 0 saturated carbocycles. The Morgan fingerprint density at radius 1 is 0.667 bits per heavy atom. The Kier molecular flexibility index (Phi) is 301000. The fourth-order valence-corrected chi connectivity index (χ4v) is 0. The normalized spacial score (nSPS) is 1.33. The first-order valence-corrected chi connectivity index (χ1v) is 1.000. The Labute approximate surface area is 50.2 Å². The molecular weight excluding hydrogens is 118 g/mol. The average Bonchev–Trinajstić information content (AvgIpc) is 1.50. The number of hydrogen-bond acceptors (Lipinski definition) is 1. The van der Waals surface area contributed by atoms with Gasteiger partial charge in [0.1, 0.15) is 0 Å². The maximum atomic E-state index is 3.00. The van der Waals surface area contributed by atoms with Crippen LogP contribution in [0, 0.1) is 0 Å². The quantitative estimate of drug-likeness (QED) is 0.392. The minimum Gasteiger partial charge on any atom is -0.344 e. The van der Waals surface area contributed by atoms with Crippen molar-refractivity contribution < 1.29 is 17.1 Å². The Morgan fingerprint density at radius 3 is 0.667 bits per heavy atom. The second kappa shape index (κ2) is 47400. The van der Waals surface area contributed by atoms with E-state index >= 15 is 0 Å². The zero-order valence-electron chi connectivity index (χ0n) is 3.89. The average molecular weight is 129 g/mol. The summed E-state index contributed by atoms with van der Waals surface area (Å²) >= 11 is 0. The predicted octanol–water partition coefficient (Wildman–Crippen LogP) is 1.76. The third kappa shape index (κ3) is 21100. The maximum Gasteiger partial charge on any atom is 2.00 e. The summed E-state index contributed by atoms with van der Waals surface area (Å²) in [6.45, 7) is 12.0. The van der Waals surface area contributed by atoms with Gasteiger partial charge in [0.2, 0.25) is 0 Å². The van der Waals surface area contributed by atoms with Crippen LogP contribution >= 0.6 is 0 Å². The first-order chi connectivity index (χ1) is 2.00. The molecule has 0 spiro atoms. The molecule has 0 saturated heterocycles. The number of hydrogen-bond donors (Lipinski definition) is 1. The SMILES string of the molecule is C=C.C=C.N.[Fe+2]. The van der Waals surface area contributed by atoms with Crippen molar-refractivity contribution in [3.63, 3.8) is 0 Å². The van der Waals surface area contributed by atoms with Crippen LogP contribution in [0.2, 0.25) is 0 Å². The molecule has 0 atom stereocenters. The first kappa shape index (κ1) is 38.2. The molecule has 0 radical (unpaired) electrons. The van der Waals surface area contributed by atoms with E-state index in [0.717, 1.165) is 0 Å². The van der Waals surface area contributed by atoms with Gasteiger partial charge in [0.15, 0.2) is 0 Å². The molecule has 0 bridgehead atoms. The minimum atomic E-state index is 0. The van der Waals surface area contributed by atoms with Gasteiger partial charge in [-0.2, -0.15) is 0 Å². The third-order valence-electron chi connectivity index (χ3n) is 0. The van der Waals surface area contributed by atoms with Crippen LogP contribution < -0.4 is 6.15 Å². The van der Waals surface area contributed by atoms with Crippen LogP contribution in [0.1, 0.15) is 0 Å². The molecule has 38 valence electrons. The molecule has 0 aromatic carbocycles. The van der Waals surface area contributed by atoms with Crippen LogP contribution in [0.3, 0.4) is 0 Å². The standard InChI is InChI=1S/2C2H4.Fe.H3N/c2*1-2;;/h2*1-2H2;;1H3/q;;+2;. The van der Waals surface area contributed by atoms with E-state index in [0.29, 0.717) is 0 Å². The summed E-state index contributed by atoms with van der Waals surface area (Å²) in [5.41, 5.74) is 0. The molecule has 0 aliphatic carbocycles. The van der Waals surface area contributed by atoms with Crippen molar-refractivity contribution in [1.82, 2.24) is 6.15 Å². The summed E-state index contributed by atoms with van der Waals surface area (Å²) in [5.74, 6) is 0. The van der Waals surface area contributed by atoms with E-state index in [1.807, 2.05) is 0 Å². The molecule has 0 aromatic heterocycles. The topological polar surface area (TPSA) is 35.0 Å². The fraction of sp³-hybridized carbons (Fsp3) is 0. The van der Waals surface area contributed by atoms with Crippen molar-refractivity contribution >= 4 is 0 Å². The Morgan fingerprint density at radius 2 is 0.667 bits per heavy atom. The van der Waals surface area contributed by atoms with Gasteiger partial charge in [0.25, 0.3) is 0 Å². The summed E-state index contributed by atoms with van der Waals surface area (Å²) in [4.78, 5) is 0. The van der Waals surface area contributed by atoms with E-state index in [2.05, 4.69) is 26.3 Å². The monoisotopic (exact) mass is 129 g/mol. The van der Waals surface area contributed by atoms with Crippen LogP contribution in [0.5, 0.6) is 0 Å². The van der Waals surface area contributed by atoms with Crippen LogP contribution in [-0.2, 0) is 17.1 Å². The molecule has 0 aromatic rings. The third-order valence-corrected chi connectivity index (χ3v) is 0.